The monoisotopic (exact) mass is 295 g/mol. The van der Waals surface area contributed by atoms with Crippen molar-refractivity contribution in [3.63, 3.8) is 0 Å². The first kappa shape index (κ1) is 15.8. The van der Waals surface area contributed by atoms with Crippen molar-refractivity contribution in [3.8, 4) is 0 Å². The van der Waals surface area contributed by atoms with Crippen LogP contribution in [0, 0.1) is 5.92 Å². The molecule has 1 aliphatic rings. The second kappa shape index (κ2) is 7.44. The lowest BCUT2D eigenvalue weighted by atomic mass is 9.88. The molecule has 20 heavy (non-hydrogen) atoms. The van der Waals surface area contributed by atoms with Crippen molar-refractivity contribution in [2.45, 2.75) is 64.2 Å². The molecule has 0 radical (unpaired) electrons. The Balaban J connectivity index is 2.11. The predicted molar refractivity (Wildman–Crippen MR) is 85.0 cm³/mol. The van der Waals surface area contributed by atoms with Crippen molar-refractivity contribution in [2.24, 2.45) is 11.7 Å². The second-order valence-corrected chi connectivity index (χ2v) is 6.51. The maximum Gasteiger partial charge on any atom is 0.0979 e. The fourth-order valence-electron chi connectivity index (χ4n) is 3.03. The molecule has 2 rings (SSSR count). The van der Waals surface area contributed by atoms with Crippen LogP contribution in [-0.4, -0.2) is 12.1 Å². The Hall–Kier alpha value is -0.570. The van der Waals surface area contributed by atoms with Crippen molar-refractivity contribution < 1.29 is 4.74 Å². The molecule has 0 aliphatic heterocycles. The van der Waals surface area contributed by atoms with E-state index in [1.165, 1.54) is 12.8 Å². The van der Waals surface area contributed by atoms with E-state index in [-0.39, 0.29) is 12.1 Å². The van der Waals surface area contributed by atoms with Crippen LogP contribution in [0.5, 0.6) is 0 Å². The summed E-state index contributed by atoms with van der Waals surface area (Å²) in [4.78, 5) is 0. The van der Waals surface area contributed by atoms with Crippen molar-refractivity contribution in [2.75, 3.05) is 0 Å². The molecular formula is C17H26ClNO. The third-order valence-corrected chi connectivity index (χ3v) is 4.50. The maximum atomic E-state index is 6.37. The smallest absolute Gasteiger partial charge is 0.0979 e. The minimum atomic E-state index is -0.0472. The molecule has 0 spiro atoms. The number of halogens is 1. The standard InChI is InChI=1S/C17H26ClNO/c1-3-16(19)17(13-7-5-8-14(18)11-13)20-15-9-4-6-12(2)10-15/h5,7-8,11-12,15-17H,3-4,6,9-10,19H2,1-2H3. The molecule has 1 aromatic carbocycles. The zero-order chi connectivity index (χ0) is 14.5. The summed E-state index contributed by atoms with van der Waals surface area (Å²) in [6, 6.07) is 7.93. The number of hydrogen-bond acceptors (Lipinski definition) is 2. The molecule has 1 saturated carbocycles. The summed E-state index contributed by atoms with van der Waals surface area (Å²) in [6.45, 7) is 4.42. The Kier molecular flexibility index (Phi) is 5.88. The van der Waals surface area contributed by atoms with E-state index in [0.717, 1.165) is 35.8 Å². The topological polar surface area (TPSA) is 35.2 Å². The van der Waals surface area contributed by atoms with Crippen LogP contribution >= 0.6 is 11.6 Å². The third kappa shape index (κ3) is 4.21. The van der Waals surface area contributed by atoms with Crippen molar-refractivity contribution in [1.82, 2.24) is 0 Å². The van der Waals surface area contributed by atoms with Gasteiger partial charge < -0.3 is 10.5 Å². The van der Waals surface area contributed by atoms with Crippen LogP contribution in [0.15, 0.2) is 24.3 Å². The molecule has 3 heteroatoms. The first-order valence-corrected chi connectivity index (χ1v) is 8.14. The van der Waals surface area contributed by atoms with E-state index >= 15 is 0 Å². The third-order valence-electron chi connectivity index (χ3n) is 4.26. The van der Waals surface area contributed by atoms with Gasteiger partial charge in [0.05, 0.1) is 12.2 Å². The highest BCUT2D eigenvalue weighted by Crippen LogP contribution is 2.32. The van der Waals surface area contributed by atoms with Crippen LogP contribution in [-0.2, 0) is 4.74 Å². The van der Waals surface area contributed by atoms with Crippen LogP contribution < -0.4 is 5.73 Å². The Morgan fingerprint density at radius 1 is 1.40 bits per heavy atom. The molecule has 1 fully saturated rings. The lowest BCUT2D eigenvalue weighted by Crippen LogP contribution is -2.34. The summed E-state index contributed by atoms with van der Waals surface area (Å²) in [6.07, 6.45) is 6.07. The number of nitrogens with two attached hydrogens (primary N) is 1. The van der Waals surface area contributed by atoms with Gasteiger partial charge in [0.15, 0.2) is 0 Å². The fraction of sp³-hybridized carbons (Fsp3) is 0.647. The maximum absolute atomic E-state index is 6.37. The fourth-order valence-corrected chi connectivity index (χ4v) is 3.23. The molecular weight excluding hydrogens is 270 g/mol. The summed E-state index contributed by atoms with van der Waals surface area (Å²) in [5.41, 5.74) is 7.38. The normalized spacial score (nSPS) is 26.2. The highest BCUT2D eigenvalue weighted by atomic mass is 35.5. The van der Waals surface area contributed by atoms with Gasteiger partial charge in [-0.05, 0) is 42.9 Å². The predicted octanol–water partition coefficient (Wildman–Crippen LogP) is 4.71. The Morgan fingerprint density at radius 3 is 2.85 bits per heavy atom. The van der Waals surface area contributed by atoms with E-state index in [9.17, 15) is 0 Å². The molecule has 1 aliphatic carbocycles. The van der Waals surface area contributed by atoms with Crippen LogP contribution in [0.1, 0.15) is 57.6 Å². The highest BCUT2D eigenvalue weighted by molar-refractivity contribution is 6.30. The van der Waals surface area contributed by atoms with Crippen LogP contribution in [0.4, 0.5) is 0 Å². The first-order chi connectivity index (χ1) is 9.60. The second-order valence-electron chi connectivity index (χ2n) is 6.08. The van der Waals surface area contributed by atoms with Gasteiger partial charge in [-0.2, -0.15) is 0 Å². The Labute approximate surface area is 127 Å². The molecule has 0 saturated heterocycles. The Morgan fingerprint density at radius 2 is 2.20 bits per heavy atom. The van der Waals surface area contributed by atoms with Crippen LogP contribution in [0.3, 0.4) is 0 Å². The molecule has 0 heterocycles. The molecule has 0 bridgehead atoms. The number of ether oxygens (including phenoxy) is 1. The average Bonchev–Trinajstić information content (AvgIpc) is 2.44. The summed E-state index contributed by atoms with van der Waals surface area (Å²) in [7, 11) is 0. The van der Waals surface area contributed by atoms with E-state index < -0.39 is 0 Å². The van der Waals surface area contributed by atoms with E-state index in [1.54, 1.807) is 0 Å². The van der Waals surface area contributed by atoms with Crippen LogP contribution in [0.25, 0.3) is 0 Å². The largest absolute Gasteiger partial charge is 0.369 e. The quantitative estimate of drug-likeness (QED) is 0.853. The zero-order valence-corrected chi connectivity index (χ0v) is 13.3. The number of rotatable bonds is 5. The van der Waals surface area contributed by atoms with Crippen LogP contribution in [0.2, 0.25) is 5.02 Å². The molecule has 2 N–H and O–H groups in total. The van der Waals surface area contributed by atoms with Crippen molar-refractivity contribution >= 4 is 11.6 Å². The lowest BCUT2D eigenvalue weighted by Gasteiger charge is -2.33. The van der Waals surface area contributed by atoms with E-state index in [1.807, 2.05) is 18.2 Å². The van der Waals surface area contributed by atoms with Gasteiger partial charge in [0.25, 0.3) is 0 Å². The van der Waals surface area contributed by atoms with E-state index in [0.29, 0.717) is 6.10 Å². The summed E-state index contributed by atoms with van der Waals surface area (Å²) in [5.74, 6) is 0.756. The van der Waals surface area contributed by atoms with Gasteiger partial charge in [0.1, 0.15) is 0 Å². The SMILES string of the molecule is CCC(N)C(OC1CCCC(C)C1)c1cccc(Cl)c1. The first-order valence-electron chi connectivity index (χ1n) is 7.76. The number of hydrogen-bond donors (Lipinski definition) is 1. The molecule has 4 atom stereocenters. The Bertz CT molecular complexity index is 423. The molecule has 0 amide bonds. The van der Waals surface area contributed by atoms with Gasteiger partial charge in [0, 0.05) is 11.1 Å². The molecule has 0 aromatic heterocycles. The van der Waals surface area contributed by atoms with E-state index in [2.05, 4.69) is 19.9 Å². The van der Waals surface area contributed by atoms with Gasteiger partial charge >= 0.3 is 0 Å². The highest BCUT2D eigenvalue weighted by Gasteiger charge is 2.26. The minimum Gasteiger partial charge on any atom is -0.369 e. The van der Waals surface area contributed by atoms with E-state index in [4.69, 9.17) is 22.1 Å². The minimum absolute atomic E-state index is 0.0192. The summed E-state index contributed by atoms with van der Waals surface area (Å²) >= 11 is 6.11. The molecule has 112 valence electrons. The van der Waals surface area contributed by atoms with Crippen molar-refractivity contribution in [3.05, 3.63) is 34.9 Å². The zero-order valence-electron chi connectivity index (χ0n) is 12.5. The van der Waals surface area contributed by atoms with Crippen molar-refractivity contribution in [1.29, 1.82) is 0 Å². The molecule has 2 nitrogen and oxygen atoms in total. The van der Waals surface area contributed by atoms with Gasteiger partial charge in [-0.1, -0.05) is 50.4 Å². The summed E-state index contributed by atoms with van der Waals surface area (Å²) < 4.78 is 6.37. The van der Waals surface area contributed by atoms with Gasteiger partial charge in [-0.15, -0.1) is 0 Å². The lowest BCUT2D eigenvalue weighted by molar-refractivity contribution is -0.0518. The number of benzene rings is 1. The van der Waals surface area contributed by atoms with Gasteiger partial charge in [0.2, 0.25) is 0 Å². The van der Waals surface area contributed by atoms with Gasteiger partial charge in [-0.25, -0.2) is 0 Å². The molecule has 4 unspecified atom stereocenters. The summed E-state index contributed by atoms with van der Waals surface area (Å²) in [5, 5.41) is 0.747. The molecule has 1 aromatic rings. The average molecular weight is 296 g/mol. The van der Waals surface area contributed by atoms with Gasteiger partial charge in [-0.3, -0.25) is 0 Å².